The van der Waals surface area contributed by atoms with Gasteiger partial charge in [-0.2, -0.15) is 5.10 Å². The maximum atomic E-state index is 10.8. The molecule has 4 heteroatoms. The molecule has 0 bridgehead atoms. The molecule has 4 nitrogen and oxygen atoms in total. The SMILES string of the molecule is Cc1cc2cn[nH]c2cc1-c1ccc(C(=O)O)cc1. The number of hydrogen-bond acceptors (Lipinski definition) is 2. The fraction of sp³-hybridized carbons (Fsp3) is 0.0667. The number of nitrogens with zero attached hydrogens (tertiary/aromatic N) is 1. The van der Waals surface area contributed by atoms with Crippen molar-refractivity contribution in [3.05, 3.63) is 53.7 Å². The molecule has 0 unspecified atom stereocenters. The van der Waals surface area contributed by atoms with Crippen LogP contribution in [0.5, 0.6) is 0 Å². The Bertz CT molecular complexity index is 757. The van der Waals surface area contributed by atoms with Crippen LogP contribution in [0.2, 0.25) is 0 Å². The molecular formula is C15H12N2O2. The van der Waals surface area contributed by atoms with Gasteiger partial charge in [-0.1, -0.05) is 12.1 Å². The second-order valence-electron chi connectivity index (χ2n) is 4.51. The summed E-state index contributed by atoms with van der Waals surface area (Å²) in [6.45, 7) is 2.03. The van der Waals surface area contributed by atoms with Crippen molar-refractivity contribution in [1.82, 2.24) is 10.2 Å². The molecule has 0 aliphatic carbocycles. The number of carbonyl (C=O) groups is 1. The van der Waals surface area contributed by atoms with Crippen LogP contribution in [-0.4, -0.2) is 21.3 Å². The highest BCUT2D eigenvalue weighted by Gasteiger charge is 2.07. The third-order valence-electron chi connectivity index (χ3n) is 3.23. The summed E-state index contributed by atoms with van der Waals surface area (Å²) in [5.41, 5.74) is 4.48. The van der Waals surface area contributed by atoms with Gasteiger partial charge in [0.15, 0.2) is 0 Å². The summed E-state index contributed by atoms with van der Waals surface area (Å²) in [5.74, 6) is -0.910. The molecule has 19 heavy (non-hydrogen) atoms. The van der Waals surface area contributed by atoms with Crippen molar-refractivity contribution < 1.29 is 9.90 Å². The van der Waals surface area contributed by atoms with E-state index in [-0.39, 0.29) is 0 Å². The van der Waals surface area contributed by atoms with Gasteiger partial charge in [-0.25, -0.2) is 4.79 Å². The molecule has 0 aliphatic heterocycles. The van der Waals surface area contributed by atoms with E-state index < -0.39 is 5.97 Å². The predicted octanol–water partition coefficient (Wildman–Crippen LogP) is 3.24. The minimum absolute atomic E-state index is 0.295. The minimum atomic E-state index is -0.910. The molecule has 1 heterocycles. The number of fused-ring (bicyclic) bond motifs is 1. The van der Waals surface area contributed by atoms with Crippen molar-refractivity contribution >= 4 is 16.9 Å². The standard InChI is InChI=1S/C15H12N2O2/c1-9-6-12-8-16-17-14(12)7-13(9)10-2-4-11(5-3-10)15(18)19/h2-8H,1H3,(H,16,17)(H,18,19). The lowest BCUT2D eigenvalue weighted by Crippen LogP contribution is -1.95. The van der Waals surface area contributed by atoms with Gasteiger partial charge in [0.05, 0.1) is 17.3 Å². The molecule has 0 aliphatic rings. The number of H-pyrrole nitrogens is 1. The largest absolute Gasteiger partial charge is 0.478 e. The fourth-order valence-corrected chi connectivity index (χ4v) is 2.21. The summed E-state index contributed by atoms with van der Waals surface area (Å²) < 4.78 is 0. The number of nitrogens with one attached hydrogen (secondary N) is 1. The Balaban J connectivity index is 2.12. The van der Waals surface area contributed by atoms with Crippen LogP contribution in [0, 0.1) is 6.92 Å². The first-order valence-electron chi connectivity index (χ1n) is 5.92. The number of carboxylic acids is 1. The number of aromatic nitrogens is 2. The van der Waals surface area contributed by atoms with Gasteiger partial charge in [-0.05, 0) is 47.9 Å². The van der Waals surface area contributed by atoms with Crippen molar-refractivity contribution in [1.29, 1.82) is 0 Å². The number of aryl methyl sites for hydroxylation is 1. The summed E-state index contributed by atoms with van der Waals surface area (Å²) in [5, 5.41) is 16.9. The van der Waals surface area contributed by atoms with E-state index in [0.717, 1.165) is 27.6 Å². The quantitative estimate of drug-likeness (QED) is 0.735. The van der Waals surface area contributed by atoms with Gasteiger partial charge in [0.25, 0.3) is 0 Å². The van der Waals surface area contributed by atoms with Gasteiger partial charge >= 0.3 is 5.97 Å². The van der Waals surface area contributed by atoms with Gasteiger partial charge in [0, 0.05) is 5.39 Å². The third kappa shape index (κ3) is 1.97. The van der Waals surface area contributed by atoms with E-state index >= 15 is 0 Å². The summed E-state index contributed by atoms with van der Waals surface area (Å²) in [4.78, 5) is 10.8. The Morgan fingerprint density at radius 1 is 1.21 bits per heavy atom. The fourth-order valence-electron chi connectivity index (χ4n) is 2.21. The van der Waals surface area contributed by atoms with Crippen LogP contribution < -0.4 is 0 Å². The highest BCUT2D eigenvalue weighted by molar-refractivity contribution is 5.89. The number of benzene rings is 2. The lowest BCUT2D eigenvalue weighted by Gasteiger charge is -2.07. The Hall–Kier alpha value is -2.62. The van der Waals surface area contributed by atoms with Gasteiger partial charge in [0.2, 0.25) is 0 Å². The van der Waals surface area contributed by atoms with Crippen LogP contribution in [0.3, 0.4) is 0 Å². The van der Waals surface area contributed by atoms with Gasteiger partial charge in [0.1, 0.15) is 0 Å². The van der Waals surface area contributed by atoms with Crippen LogP contribution >= 0.6 is 0 Å². The first-order valence-corrected chi connectivity index (χ1v) is 5.92. The maximum absolute atomic E-state index is 10.8. The van der Waals surface area contributed by atoms with E-state index in [0.29, 0.717) is 5.56 Å². The second kappa shape index (κ2) is 4.24. The minimum Gasteiger partial charge on any atom is -0.478 e. The number of aromatic amines is 1. The van der Waals surface area contributed by atoms with Crippen LogP contribution in [0.1, 0.15) is 15.9 Å². The molecule has 0 fully saturated rings. The molecule has 0 amide bonds. The topological polar surface area (TPSA) is 66.0 Å². The lowest BCUT2D eigenvalue weighted by atomic mass is 9.98. The van der Waals surface area contributed by atoms with E-state index in [9.17, 15) is 4.79 Å². The second-order valence-corrected chi connectivity index (χ2v) is 4.51. The van der Waals surface area contributed by atoms with Crippen LogP contribution in [-0.2, 0) is 0 Å². The van der Waals surface area contributed by atoms with E-state index in [2.05, 4.69) is 16.3 Å². The molecule has 0 saturated heterocycles. The number of rotatable bonds is 2. The molecule has 1 aromatic heterocycles. The van der Waals surface area contributed by atoms with Crippen molar-refractivity contribution in [2.24, 2.45) is 0 Å². The van der Waals surface area contributed by atoms with Gasteiger partial charge in [-0.3, -0.25) is 5.10 Å². The van der Waals surface area contributed by atoms with Gasteiger partial charge in [-0.15, -0.1) is 0 Å². The summed E-state index contributed by atoms with van der Waals surface area (Å²) in [6, 6.07) is 11.0. The molecule has 0 saturated carbocycles. The Kier molecular flexibility index (Phi) is 2.56. The molecule has 2 aromatic carbocycles. The third-order valence-corrected chi connectivity index (χ3v) is 3.23. The van der Waals surface area contributed by atoms with E-state index in [1.807, 2.05) is 25.1 Å². The van der Waals surface area contributed by atoms with Crippen LogP contribution in [0.25, 0.3) is 22.0 Å². The first kappa shape index (κ1) is 11.5. The zero-order valence-corrected chi connectivity index (χ0v) is 10.3. The molecule has 3 aromatic rings. The zero-order chi connectivity index (χ0) is 13.4. The highest BCUT2D eigenvalue weighted by Crippen LogP contribution is 2.27. The maximum Gasteiger partial charge on any atom is 0.335 e. The molecule has 0 radical (unpaired) electrons. The van der Waals surface area contributed by atoms with Crippen LogP contribution in [0.4, 0.5) is 0 Å². The first-order chi connectivity index (χ1) is 9.15. The van der Waals surface area contributed by atoms with Crippen molar-refractivity contribution in [3.63, 3.8) is 0 Å². The summed E-state index contributed by atoms with van der Waals surface area (Å²) >= 11 is 0. The predicted molar refractivity (Wildman–Crippen MR) is 73.2 cm³/mol. The number of aromatic carboxylic acids is 1. The molecular weight excluding hydrogens is 240 g/mol. The van der Waals surface area contributed by atoms with Crippen molar-refractivity contribution in [2.75, 3.05) is 0 Å². The van der Waals surface area contributed by atoms with E-state index in [1.54, 1.807) is 18.3 Å². The normalized spacial score (nSPS) is 10.8. The smallest absolute Gasteiger partial charge is 0.335 e. The van der Waals surface area contributed by atoms with Crippen molar-refractivity contribution in [3.8, 4) is 11.1 Å². The van der Waals surface area contributed by atoms with Crippen LogP contribution in [0.15, 0.2) is 42.6 Å². The number of carboxylic acid groups (broad SMARTS) is 1. The summed E-state index contributed by atoms with van der Waals surface area (Å²) in [6.07, 6.45) is 1.79. The van der Waals surface area contributed by atoms with Gasteiger partial charge < -0.3 is 5.11 Å². The number of hydrogen-bond donors (Lipinski definition) is 2. The molecule has 3 rings (SSSR count). The average molecular weight is 252 g/mol. The highest BCUT2D eigenvalue weighted by atomic mass is 16.4. The summed E-state index contributed by atoms with van der Waals surface area (Å²) in [7, 11) is 0. The average Bonchev–Trinajstić information content (AvgIpc) is 2.85. The molecule has 0 atom stereocenters. The molecule has 2 N–H and O–H groups in total. The van der Waals surface area contributed by atoms with Crippen molar-refractivity contribution in [2.45, 2.75) is 6.92 Å². The van der Waals surface area contributed by atoms with E-state index in [1.165, 1.54) is 0 Å². The monoisotopic (exact) mass is 252 g/mol. The Morgan fingerprint density at radius 2 is 1.95 bits per heavy atom. The molecule has 94 valence electrons. The molecule has 0 spiro atoms. The Morgan fingerprint density at radius 3 is 2.63 bits per heavy atom. The lowest BCUT2D eigenvalue weighted by molar-refractivity contribution is 0.0697. The zero-order valence-electron chi connectivity index (χ0n) is 10.3. The van der Waals surface area contributed by atoms with E-state index in [4.69, 9.17) is 5.11 Å². The Labute approximate surface area is 109 Å².